The third-order valence-corrected chi connectivity index (χ3v) is 3.97. The Morgan fingerprint density at radius 3 is 2.43 bits per heavy atom. The van der Waals surface area contributed by atoms with E-state index in [2.05, 4.69) is 0 Å². The van der Waals surface area contributed by atoms with Crippen LogP contribution in [-0.4, -0.2) is 12.2 Å². The van der Waals surface area contributed by atoms with Crippen molar-refractivity contribution in [1.82, 2.24) is 0 Å². The Kier molecular flexibility index (Phi) is 4.86. The van der Waals surface area contributed by atoms with Crippen molar-refractivity contribution < 1.29 is 9.50 Å². The third-order valence-electron chi connectivity index (χ3n) is 3.74. The van der Waals surface area contributed by atoms with Crippen molar-refractivity contribution in [2.75, 3.05) is 11.9 Å². The van der Waals surface area contributed by atoms with Crippen molar-refractivity contribution in [3.8, 4) is 0 Å². The van der Waals surface area contributed by atoms with Crippen LogP contribution in [-0.2, 0) is 0 Å². The summed E-state index contributed by atoms with van der Waals surface area (Å²) in [5.74, 6) is -0.396. The Morgan fingerprint density at radius 2 is 1.81 bits per heavy atom. The normalized spacial score (nSPS) is 13.8. The number of halogens is 2. The number of hydrogen-bond donors (Lipinski definition) is 1. The van der Waals surface area contributed by atoms with Crippen LogP contribution < -0.4 is 4.90 Å². The molecular weight excluding hydrogens is 289 g/mol. The van der Waals surface area contributed by atoms with Gasteiger partial charge in [0.2, 0.25) is 0 Å². The minimum Gasteiger partial charge on any atom is -0.389 e. The van der Waals surface area contributed by atoms with E-state index in [4.69, 9.17) is 11.6 Å². The summed E-state index contributed by atoms with van der Waals surface area (Å²) in [4.78, 5) is 1.94. The van der Waals surface area contributed by atoms with Gasteiger partial charge in [-0.15, -0.1) is 0 Å². The van der Waals surface area contributed by atoms with Crippen LogP contribution in [0.2, 0.25) is 5.02 Å². The first-order chi connectivity index (χ1) is 9.91. The lowest BCUT2D eigenvalue weighted by atomic mass is 10.0. The molecule has 2 aromatic rings. The van der Waals surface area contributed by atoms with Crippen LogP contribution >= 0.6 is 11.6 Å². The van der Waals surface area contributed by atoms with Crippen molar-refractivity contribution in [3.63, 3.8) is 0 Å². The monoisotopic (exact) mass is 307 g/mol. The second kappa shape index (κ2) is 6.46. The van der Waals surface area contributed by atoms with E-state index in [1.165, 1.54) is 6.07 Å². The van der Waals surface area contributed by atoms with Gasteiger partial charge in [-0.2, -0.15) is 0 Å². The summed E-state index contributed by atoms with van der Waals surface area (Å²) in [6.07, 6.45) is -0.866. The minimum absolute atomic E-state index is 0.00278. The predicted molar refractivity (Wildman–Crippen MR) is 85.3 cm³/mol. The molecule has 21 heavy (non-hydrogen) atoms. The van der Waals surface area contributed by atoms with Crippen LogP contribution in [0.4, 0.5) is 10.1 Å². The van der Waals surface area contributed by atoms with Gasteiger partial charge in [0.1, 0.15) is 5.82 Å². The van der Waals surface area contributed by atoms with Crippen LogP contribution in [0.1, 0.15) is 37.1 Å². The lowest BCUT2D eigenvalue weighted by Gasteiger charge is -2.30. The number of nitrogens with zero attached hydrogens (tertiary/aromatic N) is 1. The van der Waals surface area contributed by atoms with Crippen molar-refractivity contribution >= 4 is 17.3 Å². The molecule has 4 heteroatoms. The summed E-state index contributed by atoms with van der Waals surface area (Å²) >= 11 is 6.03. The van der Waals surface area contributed by atoms with Gasteiger partial charge >= 0.3 is 0 Å². The predicted octanol–water partition coefficient (Wildman–Crippen LogP) is 4.73. The van der Waals surface area contributed by atoms with Gasteiger partial charge in [0, 0.05) is 23.3 Å². The molecule has 112 valence electrons. The highest BCUT2D eigenvalue weighted by molar-refractivity contribution is 6.30. The van der Waals surface area contributed by atoms with Crippen molar-refractivity contribution in [2.45, 2.75) is 26.0 Å². The Labute approximate surface area is 129 Å². The number of aliphatic hydroxyl groups excluding tert-OH is 1. The average Bonchev–Trinajstić information content (AvgIpc) is 2.45. The third kappa shape index (κ3) is 3.36. The van der Waals surface area contributed by atoms with Crippen molar-refractivity contribution in [2.24, 2.45) is 0 Å². The van der Waals surface area contributed by atoms with E-state index < -0.39 is 11.9 Å². The first-order valence-corrected chi connectivity index (χ1v) is 7.24. The second-order valence-electron chi connectivity index (χ2n) is 5.19. The molecule has 0 spiro atoms. The fourth-order valence-corrected chi connectivity index (χ4v) is 2.64. The largest absolute Gasteiger partial charge is 0.389 e. The number of hydrogen-bond acceptors (Lipinski definition) is 2. The molecule has 2 aromatic carbocycles. The molecule has 2 atom stereocenters. The SMILES string of the molecule is CC(O)c1c(F)cccc1N(C)C(C)c1cccc(Cl)c1. The molecular formula is C17H19ClFNO. The molecule has 0 radical (unpaired) electrons. The van der Waals surface area contributed by atoms with Crippen LogP contribution in [0.5, 0.6) is 0 Å². The van der Waals surface area contributed by atoms with E-state index in [1.807, 2.05) is 49.2 Å². The molecule has 0 saturated heterocycles. The van der Waals surface area contributed by atoms with Gasteiger partial charge in [0.05, 0.1) is 12.1 Å². The summed E-state index contributed by atoms with van der Waals surface area (Å²) in [5.41, 5.74) is 2.03. The minimum atomic E-state index is -0.866. The van der Waals surface area contributed by atoms with Crippen LogP contribution in [0.15, 0.2) is 42.5 Å². The van der Waals surface area contributed by atoms with Gasteiger partial charge in [-0.3, -0.25) is 0 Å². The maximum absolute atomic E-state index is 14.0. The zero-order valence-electron chi connectivity index (χ0n) is 12.3. The molecule has 0 fully saturated rings. The van der Waals surface area contributed by atoms with E-state index >= 15 is 0 Å². The second-order valence-corrected chi connectivity index (χ2v) is 5.63. The van der Waals surface area contributed by atoms with Gasteiger partial charge in [-0.1, -0.05) is 29.8 Å². The first-order valence-electron chi connectivity index (χ1n) is 6.86. The molecule has 0 aliphatic carbocycles. The topological polar surface area (TPSA) is 23.5 Å². The van der Waals surface area contributed by atoms with E-state index in [0.717, 1.165) is 5.56 Å². The van der Waals surface area contributed by atoms with E-state index in [0.29, 0.717) is 16.3 Å². The standard InChI is InChI=1S/C17H19ClFNO/c1-11(13-6-4-7-14(18)10-13)20(3)16-9-5-8-15(19)17(16)12(2)21/h4-12,21H,1-3H3. The van der Waals surface area contributed by atoms with Crippen LogP contribution in [0.25, 0.3) is 0 Å². The van der Waals surface area contributed by atoms with E-state index in [9.17, 15) is 9.50 Å². The van der Waals surface area contributed by atoms with E-state index in [-0.39, 0.29) is 6.04 Å². The molecule has 0 aromatic heterocycles. The molecule has 0 saturated carbocycles. The molecule has 0 bridgehead atoms. The number of rotatable bonds is 4. The fraction of sp³-hybridized carbons (Fsp3) is 0.294. The fourth-order valence-electron chi connectivity index (χ4n) is 2.45. The van der Waals surface area contributed by atoms with Gasteiger partial charge in [-0.25, -0.2) is 4.39 Å². The Hall–Kier alpha value is -1.58. The van der Waals surface area contributed by atoms with Gasteiger partial charge in [0.25, 0.3) is 0 Å². The molecule has 1 N–H and O–H groups in total. The Balaban J connectivity index is 2.40. The molecule has 0 amide bonds. The van der Waals surface area contributed by atoms with Crippen molar-refractivity contribution in [1.29, 1.82) is 0 Å². The molecule has 0 aliphatic heterocycles. The molecule has 0 heterocycles. The van der Waals surface area contributed by atoms with Crippen LogP contribution in [0, 0.1) is 5.82 Å². The molecule has 2 unspecified atom stereocenters. The smallest absolute Gasteiger partial charge is 0.131 e. The summed E-state index contributed by atoms with van der Waals surface area (Å²) < 4.78 is 14.0. The zero-order chi connectivity index (χ0) is 15.6. The zero-order valence-corrected chi connectivity index (χ0v) is 13.1. The number of benzene rings is 2. The molecule has 0 aliphatic rings. The maximum atomic E-state index is 14.0. The van der Waals surface area contributed by atoms with Gasteiger partial charge in [-0.05, 0) is 43.7 Å². The lowest BCUT2D eigenvalue weighted by molar-refractivity contribution is 0.194. The van der Waals surface area contributed by atoms with Crippen molar-refractivity contribution in [3.05, 3.63) is 64.4 Å². The number of aliphatic hydroxyl groups is 1. The maximum Gasteiger partial charge on any atom is 0.131 e. The Morgan fingerprint density at radius 1 is 1.14 bits per heavy atom. The summed E-state index contributed by atoms with van der Waals surface area (Å²) in [6, 6.07) is 12.4. The highest BCUT2D eigenvalue weighted by Crippen LogP contribution is 2.33. The molecule has 2 nitrogen and oxygen atoms in total. The Bertz CT molecular complexity index is 630. The molecule has 2 rings (SSSR count). The number of anilines is 1. The van der Waals surface area contributed by atoms with Crippen LogP contribution in [0.3, 0.4) is 0 Å². The lowest BCUT2D eigenvalue weighted by Crippen LogP contribution is -2.23. The summed E-state index contributed by atoms with van der Waals surface area (Å²) in [5, 5.41) is 10.5. The van der Waals surface area contributed by atoms with Gasteiger partial charge in [0.15, 0.2) is 0 Å². The average molecular weight is 308 g/mol. The highest BCUT2D eigenvalue weighted by Gasteiger charge is 2.20. The van der Waals surface area contributed by atoms with E-state index in [1.54, 1.807) is 13.0 Å². The summed E-state index contributed by atoms with van der Waals surface area (Å²) in [7, 11) is 1.88. The first kappa shape index (κ1) is 15.8. The highest BCUT2D eigenvalue weighted by atomic mass is 35.5. The summed E-state index contributed by atoms with van der Waals surface area (Å²) in [6.45, 7) is 3.59. The van der Waals surface area contributed by atoms with Gasteiger partial charge < -0.3 is 10.0 Å². The quantitative estimate of drug-likeness (QED) is 0.882.